The highest BCUT2D eigenvalue weighted by molar-refractivity contribution is 9.10. The lowest BCUT2D eigenvalue weighted by Crippen LogP contribution is -2.13. The zero-order valence-corrected chi connectivity index (χ0v) is 11.9. The van der Waals surface area contributed by atoms with Crippen molar-refractivity contribution in [2.45, 2.75) is 25.4 Å². The Labute approximate surface area is 119 Å². The fourth-order valence-electron chi connectivity index (χ4n) is 2.09. The van der Waals surface area contributed by atoms with Crippen LogP contribution in [0.3, 0.4) is 0 Å². The molecule has 19 heavy (non-hydrogen) atoms. The van der Waals surface area contributed by atoms with Gasteiger partial charge in [0.2, 0.25) is 0 Å². The molecule has 1 heterocycles. The Morgan fingerprint density at radius 3 is 3.00 bits per heavy atom. The number of benzene rings is 1. The molecule has 6 heteroatoms. The maximum absolute atomic E-state index is 13.9. The molecule has 0 amide bonds. The third kappa shape index (κ3) is 3.45. The van der Waals surface area contributed by atoms with Crippen molar-refractivity contribution in [2.24, 2.45) is 0 Å². The largest absolute Gasteiger partial charge is 0.478 e. The molecule has 1 atom stereocenters. The summed E-state index contributed by atoms with van der Waals surface area (Å²) in [6.45, 7) is 1.40. The molecule has 0 saturated carbocycles. The number of halogens is 2. The maximum atomic E-state index is 13.9. The van der Waals surface area contributed by atoms with Crippen LogP contribution in [-0.4, -0.2) is 30.3 Å². The Bertz CT molecular complexity index is 475. The van der Waals surface area contributed by atoms with Crippen molar-refractivity contribution in [2.75, 3.05) is 18.5 Å². The molecule has 2 N–H and O–H groups in total. The highest BCUT2D eigenvalue weighted by Crippen LogP contribution is 2.27. The summed E-state index contributed by atoms with van der Waals surface area (Å²) in [5.41, 5.74) is 0.219. The Morgan fingerprint density at radius 2 is 2.37 bits per heavy atom. The van der Waals surface area contributed by atoms with Crippen molar-refractivity contribution < 1.29 is 19.0 Å². The van der Waals surface area contributed by atoms with E-state index in [1.54, 1.807) is 0 Å². The second-order valence-electron chi connectivity index (χ2n) is 4.44. The lowest BCUT2D eigenvalue weighted by Gasteiger charge is -2.12. The SMILES string of the molecule is O=C(O)c1ccc(NCCC2CCCO2)c(F)c1Br. The van der Waals surface area contributed by atoms with Gasteiger partial charge in [0.25, 0.3) is 0 Å². The molecule has 0 aliphatic carbocycles. The number of ether oxygens (including phenoxy) is 1. The first-order chi connectivity index (χ1) is 9.09. The van der Waals surface area contributed by atoms with E-state index in [2.05, 4.69) is 21.2 Å². The Kier molecular flexibility index (Phi) is 4.76. The summed E-state index contributed by atoms with van der Waals surface area (Å²) in [4.78, 5) is 10.8. The summed E-state index contributed by atoms with van der Waals surface area (Å²) in [5, 5.41) is 11.8. The molecule has 1 aromatic carbocycles. The highest BCUT2D eigenvalue weighted by Gasteiger charge is 2.17. The van der Waals surface area contributed by atoms with Gasteiger partial charge in [-0.25, -0.2) is 9.18 Å². The first-order valence-corrected chi connectivity index (χ1v) is 6.95. The van der Waals surface area contributed by atoms with Crippen molar-refractivity contribution in [3.63, 3.8) is 0 Å². The van der Waals surface area contributed by atoms with Crippen molar-refractivity contribution in [1.29, 1.82) is 0 Å². The molecule has 104 valence electrons. The normalized spacial score (nSPS) is 18.5. The minimum Gasteiger partial charge on any atom is -0.478 e. The number of hydrogen-bond acceptors (Lipinski definition) is 3. The van der Waals surface area contributed by atoms with Gasteiger partial charge in [-0.3, -0.25) is 0 Å². The molecule has 1 aliphatic rings. The molecule has 1 aliphatic heterocycles. The van der Waals surface area contributed by atoms with Crippen LogP contribution in [0.1, 0.15) is 29.6 Å². The fourth-order valence-corrected chi connectivity index (χ4v) is 2.61. The van der Waals surface area contributed by atoms with E-state index in [0.29, 0.717) is 12.2 Å². The van der Waals surface area contributed by atoms with E-state index in [-0.39, 0.29) is 16.1 Å². The summed E-state index contributed by atoms with van der Waals surface area (Å²) in [6, 6.07) is 2.82. The maximum Gasteiger partial charge on any atom is 0.336 e. The fraction of sp³-hybridized carbons (Fsp3) is 0.462. The van der Waals surface area contributed by atoms with Crippen LogP contribution in [-0.2, 0) is 4.74 Å². The number of aromatic carboxylic acids is 1. The molecule has 1 fully saturated rings. The van der Waals surface area contributed by atoms with Gasteiger partial charge in [-0.15, -0.1) is 0 Å². The van der Waals surface area contributed by atoms with E-state index in [0.717, 1.165) is 25.9 Å². The zero-order valence-electron chi connectivity index (χ0n) is 10.3. The van der Waals surface area contributed by atoms with E-state index in [9.17, 15) is 9.18 Å². The molecule has 0 bridgehead atoms. The average Bonchev–Trinajstić information content (AvgIpc) is 2.87. The van der Waals surface area contributed by atoms with Gasteiger partial charge in [-0.05, 0) is 47.3 Å². The Balaban J connectivity index is 1.96. The van der Waals surface area contributed by atoms with Crippen molar-refractivity contribution >= 4 is 27.6 Å². The predicted molar refractivity (Wildman–Crippen MR) is 73.1 cm³/mol. The standard InChI is InChI=1S/C13H15BrFNO3/c14-11-9(13(17)18)3-4-10(12(11)15)16-6-5-8-2-1-7-19-8/h3-4,8,16H,1-2,5-7H2,(H,17,18). The van der Waals surface area contributed by atoms with Crippen LogP contribution >= 0.6 is 15.9 Å². The van der Waals surface area contributed by atoms with Crippen molar-refractivity contribution in [1.82, 2.24) is 0 Å². The number of nitrogens with one attached hydrogen (secondary N) is 1. The van der Waals surface area contributed by atoms with Gasteiger partial charge in [0.15, 0.2) is 5.82 Å². The number of rotatable bonds is 5. The zero-order chi connectivity index (χ0) is 13.8. The van der Waals surface area contributed by atoms with Crippen molar-refractivity contribution in [3.05, 3.63) is 28.0 Å². The van der Waals surface area contributed by atoms with E-state index in [4.69, 9.17) is 9.84 Å². The molecular weight excluding hydrogens is 317 g/mol. The van der Waals surface area contributed by atoms with Crippen LogP contribution in [0.15, 0.2) is 16.6 Å². The van der Waals surface area contributed by atoms with E-state index in [1.807, 2.05) is 0 Å². The van der Waals surface area contributed by atoms with Crippen LogP contribution in [0.2, 0.25) is 0 Å². The summed E-state index contributed by atoms with van der Waals surface area (Å²) in [5.74, 6) is -1.73. The van der Waals surface area contributed by atoms with Crippen LogP contribution in [0.25, 0.3) is 0 Å². The van der Waals surface area contributed by atoms with E-state index in [1.165, 1.54) is 12.1 Å². The molecule has 0 spiro atoms. The van der Waals surface area contributed by atoms with E-state index >= 15 is 0 Å². The molecular formula is C13H15BrFNO3. The van der Waals surface area contributed by atoms with Crippen LogP contribution < -0.4 is 5.32 Å². The van der Waals surface area contributed by atoms with Gasteiger partial charge in [-0.1, -0.05) is 0 Å². The second-order valence-corrected chi connectivity index (χ2v) is 5.24. The smallest absolute Gasteiger partial charge is 0.336 e. The summed E-state index contributed by atoms with van der Waals surface area (Å²) in [6.07, 6.45) is 3.19. The third-order valence-corrected chi connectivity index (χ3v) is 3.89. The monoisotopic (exact) mass is 331 g/mol. The molecule has 4 nitrogen and oxygen atoms in total. The summed E-state index contributed by atoms with van der Waals surface area (Å²) >= 11 is 2.97. The van der Waals surface area contributed by atoms with Gasteiger partial charge in [0.1, 0.15) is 0 Å². The lowest BCUT2D eigenvalue weighted by atomic mass is 10.1. The first-order valence-electron chi connectivity index (χ1n) is 6.16. The van der Waals surface area contributed by atoms with Crippen molar-refractivity contribution in [3.8, 4) is 0 Å². The predicted octanol–water partition coefficient (Wildman–Crippen LogP) is 3.27. The van der Waals surface area contributed by atoms with E-state index < -0.39 is 11.8 Å². The Hall–Kier alpha value is -1.14. The molecule has 1 saturated heterocycles. The molecule has 0 radical (unpaired) electrons. The minimum atomic E-state index is -1.16. The quantitative estimate of drug-likeness (QED) is 0.869. The topological polar surface area (TPSA) is 58.6 Å². The number of carboxylic acid groups (broad SMARTS) is 1. The van der Waals surface area contributed by atoms with Crippen LogP contribution in [0.5, 0.6) is 0 Å². The molecule has 1 aromatic rings. The average molecular weight is 332 g/mol. The number of hydrogen-bond donors (Lipinski definition) is 2. The molecule has 1 unspecified atom stereocenters. The highest BCUT2D eigenvalue weighted by atomic mass is 79.9. The number of carboxylic acids is 1. The third-order valence-electron chi connectivity index (χ3n) is 3.12. The molecule has 2 rings (SSSR count). The Morgan fingerprint density at radius 1 is 1.58 bits per heavy atom. The van der Waals surface area contributed by atoms with Gasteiger partial charge < -0.3 is 15.2 Å². The van der Waals surface area contributed by atoms with Gasteiger partial charge >= 0.3 is 5.97 Å². The van der Waals surface area contributed by atoms with Gasteiger partial charge in [0, 0.05) is 13.2 Å². The summed E-state index contributed by atoms with van der Waals surface area (Å²) < 4.78 is 19.4. The minimum absolute atomic E-state index is 0.0258. The lowest BCUT2D eigenvalue weighted by molar-refractivity contribution is 0.0695. The van der Waals surface area contributed by atoms with Crippen LogP contribution in [0.4, 0.5) is 10.1 Å². The molecule has 0 aromatic heterocycles. The van der Waals surface area contributed by atoms with Gasteiger partial charge in [-0.2, -0.15) is 0 Å². The number of anilines is 1. The first kappa shape index (κ1) is 14.3. The number of carbonyl (C=O) groups is 1. The van der Waals surface area contributed by atoms with Crippen LogP contribution in [0, 0.1) is 5.82 Å². The second kappa shape index (κ2) is 6.34. The van der Waals surface area contributed by atoms with Gasteiger partial charge in [0.05, 0.1) is 21.8 Å². The summed E-state index contributed by atoms with van der Waals surface area (Å²) in [7, 11) is 0.